The van der Waals surface area contributed by atoms with Crippen molar-refractivity contribution in [2.24, 2.45) is 5.92 Å². The number of methoxy groups -OCH3 is 2. The van der Waals surface area contributed by atoms with Crippen LogP contribution in [0.3, 0.4) is 0 Å². The third-order valence-electron chi connectivity index (χ3n) is 17.2. The van der Waals surface area contributed by atoms with Gasteiger partial charge in [-0.05, 0) is 83.4 Å². The number of esters is 1. The van der Waals surface area contributed by atoms with Crippen LogP contribution in [0.2, 0.25) is 18.1 Å². The van der Waals surface area contributed by atoms with E-state index in [0.717, 1.165) is 16.7 Å². The molecule has 9 atom stereocenters. The lowest BCUT2D eigenvalue weighted by molar-refractivity contribution is -0.378. The zero-order chi connectivity index (χ0) is 69.3. The van der Waals surface area contributed by atoms with Gasteiger partial charge in [-0.1, -0.05) is 132 Å². The van der Waals surface area contributed by atoms with E-state index in [1.807, 2.05) is 109 Å². The Balaban J connectivity index is 0.00000154. The van der Waals surface area contributed by atoms with Crippen LogP contribution in [-0.4, -0.2) is 128 Å². The van der Waals surface area contributed by atoms with Crippen LogP contribution in [0, 0.1) is 5.92 Å². The zero-order valence-electron chi connectivity index (χ0n) is 55.2. The first-order valence-corrected chi connectivity index (χ1v) is 36.5. The molecule has 5 aromatic carbocycles. The van der Waals surface area contributed by atoms with Crippen LogP contribution in [0.15, 0.2) is 194 Å². The summed E-state index contributed by atoms with van der Waals surface area (Å²) in [7, 11) is -2.97. The summed E-state index contributed by atoms with van der Waals surface area (Å²) < 4.78 is 71.8. The lowest BCUT2D eigenvalue weighted by Crippen LogP contribution is -2.50. The van der Waals surface area contributed by atoms with Crippen LogP contribution in [0.1, 0.15) is 83.6 Å². The van der Waals surface area contributed by atoms with Crippen molar-refractivity contribution in [1.29, 1.82) is 0 Å². The van der Waals surface area contributed by atoms with E-state index in [1.54, 1.807) is 81.2 Å². The van der Waals surface area contributed by atoms with Crippen LogP contribution in [-0.2, 0) is 38.1 Å². The number of alkyl halides is 1. The SMILES string of the molecule is COc1ccc(C(OC[C@H]2S[C@@H](n3cnc4c(=O)[nH]c(NC(=O)C(C)C)nc43)[C@H](OP([O-])OC[C@H]3O[C@@H](n4cnc5c(NC(=O)c6ccccc6)ncnc54)[C@@H](F)[C@@H]3OC(=O)c3ccccc3)[C@@H]2O[Si](C)(C)C(C)(C)C)(c2ccccc2)c2ccc(OC)cc2)cc1.c1cc[nH+]cc1. The molecule has 2 aliphatic rings. The van der Waals surface area contributed by atoms with Gasteiger partial charge in [0.25, 0.3) is 11.5 Å². The number of aromatic amines is 2. The lowest BCUT2D eigenvalue weighted by atomic mass is 9.80. The van der Waals surface area contributed by atoms with Gasteiger partial charge in [0, 0.05) is 23.6 Å². The molecule has 1 unspecified atom stereocenters. The minimum Gasteiger partial charge on any atom is -0.786 e. The van der Waals surface area contributed by atoms with Crippen LogP contribution in [0.5, 0.6) is 11.5 Å². The first kappa shape index (κ1) is 70.2. The molecular formula is C70H75FN11O13PSSi. The van der Waals surface area contributed by atoms with Gasteiger partial charge >= 0.3 is 5.97 Å². The maximum Gasteiger partial charge on any atom is 0.338 e. The number of rotatable bonds is 23. The van der Waals surface area contributed by atoms with Crippen LogP contribution >= 0.6 is 20.4 Å². The van der Waals surface area contributed by atoms with Gasteiger partial charge in [-0.2, -0.15) is 4.98 Å². The summed E-state index contributed by atoms with van der Waals surface area (Å²) in [5, 5.41) is 3.38. The minimum atomic E-state index is -3.26. The van der Waals surface area contributed by atoms with E-state index in [9.17, 15) is 19.2 Å². The van der Waals surface area contributed by atoms with Gasteiger partial charge in [-0.25, -0.2) is 34.1 Å². The number of ether oxygens (including phenoxy) is 5. The second kappa shape index (κ2) is 30.7. The molecule has 2 aliphatic heterocycles. The second-order valence-corrected chi connectivity index (χ2v) is 31.9. The molecule has 0 saturated carbocycles. The standard InChI is InChI=1S/C65H69FN10O13PSSi.C5H5N/c1-38(2)57(77)73-63-72-56-50(59(79)74-63)70-37-76(56)61-53(52(89-92(8,9)64(3,4)5)47(91-61)34-84-65(41-23-17-12-18-24-41,42-25-29-44(82-6)30-26-42)43-27-31-45(83-7)32-28-43)88-90(81)85-33-46-51(87-62(80)40-21-15-11-16-22-40)48(66)60(86-46)75-36-69-49-54(67-35-68-55(49)75)71-58(78)39-19-13-10-14-20-39;1-2-4-6-5-3-1/h10-32,35-38,46-48,51-53,60-61H,33-34H2,1-9H3,(H,67,68,71,78)(H2,72,73,74,77,79);1-5H/q-1;/p+1/t46-,47-,48+,51-,52-,53-,60-,61-,90?;/m1./s1. The second-order valence-electron chi connectivity index (χ2n) is 24.9. The highest BCUT2D eigenvalue weighted by atomic mass is 32.2. The quantitative estimate of drug-likeness (QED) is 0.0232. The number of carbonyl (C=O) groups excluding carboxylic acids is 3. The molecule has 5 aromatic heterocycles. The molecule has 0 bridgehead atoms. The first-order valence-electron chi connectivity index (χ1n) is 31.5. The third kappa shape index (κ3) is 15.4. The molecule has 12 rings (SSSR count). The minimum absolute atomic E-state index is 0.0414. The summed E-state index contributed by atoms with van der Waals surface area (Å²) in [4.78, 5) is 96.9. The van der Waals surface area contributed by atoms with Gasteiger partial charge in [0.2, 0.25) is 11.9 Å². The van der Waals surface area contributed by atoms with Crippen LogP contribution in [0.4, 0.5) is 16.2 Å². The number of thioether (sulfide) groups is 1. The molecule has 24 nitrogen and oxygen atoms in total. The number of halogens is 1. The monoisotopic (exact) mass is 1390 g/mol. The number of nitrogens with one attached hydrogen (secondary N) is 4. The zero-order valence-corrected chi connectivity index (χ0v) is 57.9. The molecule has 4 N–H and O–H groups in total. The van der Waals surface area contributed by atoms with Crippen molar-refractivity contribution in [3.63, 3.8) is 0 Å². The van der Waals surface area contributed by atoms with Gasteiger partial charge in [0.15, 0.2) is 67.4 Å². The van der Waals surface area contributed by atoms with Gasteiger partial charge in [-0.15, -0.1) is 11.8 Å². The van der Waals surface area contributed by atoms with Gasteiger partial charge in [0.05, 0.1) is 65.6 Å². The molecule has 2 amide bonds. The third-order valence-corrected chi connectivity index (χ3v) is 24.0. The summed E-state index contributed by atoms with van der Waals surface area (Å²) in [6.45, 7) is 13.1. The fraction of sp³-hybridized carbons (Fsp3) is 0.314. The molecule has 510 valence electrons. The van der Waals surface area contributed by atoms with E-state index in [-0.39, 0.29) is 46.3 Å². The van der Waals surface area contributed by atoms with E-state index >= 15 is 9.28 Å². The van der Waals surface area contributed by atoms with Gasteiger partial charge < -0.3 is 47.4 Å². The maximum atomic E-state index is 17.4. The number of imidazole rings is 2. The Kier molecular flexibility index (Phi) is 22.0. The molecule has 0 spiro atoms. The van der Waals surface area contributed by atoms with Gasteiger partial charge in [-0.3, -0.25) is 33.8 Å². The topological polar surface area (TPSA) is 293 Å². The van der Waals surface area contributed by atoms with Crippen molar-refractivity contribution in [3.8, 4) is 11.5 Å². The number of aromatic nitrogens is 9. The number of pyridine rings is 1. The van der Waals surface area contributed by atoms with Gasteiger partial charge in [0.1, 0.15) is 41.0 Å². The number of hydrogen-bond acceptors (Lipinski definition) is 19. The van der Waals surface area contributed by atoms with Crippen LogP contribution < -0.4 is 35.5 Å². The molecule has 0 radical (unpaired) electrons. The van der Waals surface area contributed by atoms with Crippen molar-refractivity contribution in [2.45, 2.75) is 106 Å². The highest BCUT2D eigenvalue weighted by Gasteiger charge is 2.54. The fourth-order valence-corrected chi connectivity index (χ4v) is 14.8. The molecule has 7 heterocycles. The van der Waals surface area contributed by atoms with E-state index < -0.39 is 111 Å². The molecule has 2 fully saturated rings. The largest absolute Gasteiger partial charge is 0.786 e. The lowest BCUT2D eigenvalue weighted by Gasteiger charge is -2.42. The average molecular weight is 1390 g/mol. The normalized spacial score (nSPS) is 19.8. The number of amides is 2. The van der Waals surface area contributed by atoms with E-state index in [2.05, 4.69) is 74.4 Å². The maximum absolute atomic E-state index is 17.4. The Morgan fingerprint density at radius 2 is 1.31 bits per heavy atom. The highest BCUT2D eigenvalue weighted by Crippen LogP contribution is 2.54. The Bertz CT molecular complexity index is 4320. The van der Waals surface area contributed by atoms with E-state index in [1.165, 1.54) is 47.4 Å². The molecule has 10 aromatic rings. The van der Waals surface area contributed by atoms with Crippen molar-refractivity contribution in [2.75, 3.05) is 38.1 Å². The number of benzene rings is 5. The summed E-state index contributed by atoms with van der Waals surface area (Å²) in [5.74, 6) is -1.05. The van der Waals surface area contributed by atoms with Crippen molar-refractivity contribution in [3.05, 3.63) is 227 Å². The van der Waals surface area contributed by atoms with E-state index in [4.69, 9.17) is 42.1 Å². The van der Waals surface area contributed by atoms with Crippen molar-refractivity contribution < 1.29 is 65.8 Å². The fourth-order valence-electron chi connectivity index (χ4n) is 11.0. The predicted molar refractivity (Wildman–Crippen MR) is 367 cm³/mol. The Morgan fingerprint density at radius 1 is 0.724 bits per heavy atom. The summed E-state index contributed by atoms with van der Waals surface area (Å²) >= 11 is 1.35. The predicted octanol–water partition coefficient (Wildman–Crippen LogP) is 10.8. The Hall–Kier alpha value is -9.15. The molecule has 2 saturated heterocycles. The number of H-pyrrole nitrogens is 2. The number of hydrogen-bond donors (Lipinski definition) is 3. The number of carbonyl (C=O) groups is 3. The average Bonchev–Trinajstić information content (AvgIpc) is 0.956. The van der Waals surface area contributed by atoms with Crippen molar-refractivity contribution >= 4 is 80.6 Å². The molecule has 28 heteroatoms. The van der Waals surface area contributed by atoms with Crippen molar-refractivity contribution in [1.82, 2.24) is 39.0 Å². The number of anilines is 2. The Morgan fingerprint density at radius 3 is 1.89 bits per heavy atom. The van der Waals surface area contributed by atoms with Crippen LogP contribution in [0.25, 0.3) is 22.3 Å². The first-order chi connectivity index (χ1) is 47.2. The summed E-state index contributed by atoms with van der Waals surface area (Å²) in [5.41, 5.74) is 1.00. The number of fused-ring (bicyclic) bond motifs is 2. The highest BCUT2D eigenvalue weighted by molar-refractivity contribution is 8.00. The molecule has 0 aliphatic carbocycles. The molecule has 98 heavy (non-hydrogen) atoms. The Labute approximate surface area is 571 Å². The molecular weight excluding hydrogens is 1310 g/mol. The smallest absolute Gasteiger partial charge is 0.338 e. The summed E-state index contributed by atoms with van der Waals surface area (Å²) in [6.07, 6.45) is -1.39. The van der Waals surface area contributed by atoms with E-state index in [0.29, 0.717) is 17.1 Å². The number of nitrogens with zero attached hydrogens (tertiary/aromatic N) is 7. The summed E-state index contributed by atoms with van der Waals surface area (Å²) in [6, 6.07) is 47.3.